The Labute approximate surface area is 239 Å². The molecule has 1 atom stereocenters. The average Bonchev–Trinajstić information content (AvgIpc) is 3.28. The lowest BCUT2D eigenvalue weighted by Crippen LogP contribution is -2.12. The lowest BCUT2D eigenvalue weighted by Gasteiger charge is -2.19. The molecule has 0 aliphatic heterocycles. The van der Waals surface area contributed by atoms with Gasteiger partial charge in [0.2, 0.25) is 6.54 Å². The number of hydrogen-bond acceptors (Lipinski definition) is 8. The van der Waals surface area contributed by atoms with E-state index in [0.717, 1.165) is 17.0 Å². The third-order valence-corrected chi connectivity index (χ3v) is 7.67. The second-order valence-corrected chi connectivity index (χ2v) is 10.7. The molecule has 4 aromatic rings. The van der Waals surface area contributed by atoms with Gasteiger partial charge < -0.3 is 14.2 Å². The maximum Gasteiger partial charge on any atom is 0.220 e. The SMILES string of the molecule is CCOc1cc([C@H](C[N+](=O)[O-])Sc2nnc(C)n2-c2ccc(OC)cc2)cc(Br)c1OCc1ccc(C)cc1. The highest BCUT2D eigenvalue weighted by molar-refractivity contribution is 9.10. The van der Waals surface area contributed by atoms with Gasteiger partial charge in [0.05, 0.1) is 18.2 Å². The van der Waals surface area contributed by atoms with E-state index >= 15 is 0 Å². The molecule has 0 fully saturated rings. The molecule has 0 radical (unpaired) electrons. The highest BCUT2D eigenvalue weighted by atomic mass is 79.9. The Bertz CT molecular complexity index is 1430. The molecule has 0 bridgehead atoms. The number of rotatable bonds is 12. The number of nitro groups is 1. The topological polar surface area (TPSA) is 102 Å². The van der Waals surface area contributed by atoms with Crippen molar-refractivity contribution in [3.8, 4) is 22.9 Å². The van der Waals surface area contributed by atoms with Gasteiger partial charge in [-0.25, -0.2) is 0 Å². The summed E-state index contributed by atoms with van der Waals surface area (Å²) in [4.78, 5) is 11.4. The first kappa shape index (κ1) is 28.4. The van der Waals surface area contributed by atoms with Crippen LogP contribution in [0.4, 0.5) is 0 Å². The van der Waals surface area contributed by atoms with Crippen molar-refractivity contribution in [2.75, 3.05) is 20.3 Å². The number of aromatic nitrogens is 3. The van der Waals surface area contributed by atoms with Crippen LogP contribution in [0.2, 0.25) is 0 Å². The molecule has 1 heterocycles. The lowest BCUT2D eigenvalue weighted by atomic mass is 10.1. The van der Waals surface area contributed by atoms with Crippen molar-refractivity contribution in [2.24, 2.45) is 0 Å². The van der Waals surface area contributed by atoms with E-state index in [1.54, 1.807) is 13.2 Å². The summed E-state index contributed by atoms with van der Waals surface area (Å²) in [5.74, 6) is 2.44. The molecule has 9 nitrogen and oxygen atoms in total. The molecule has 0 amide bonds. The largest absolute Gasteiger partial charge is 0.497 e. The van der Waals surface area contributed by atoms with Gasteiger partial charge in [-0.3, -0.25) is 14.7 Å². The number of benzene rings is 3. The number of halogens is 1. The van der Waals surface area contributed by atoms with Crippen LogP contribution in [-0.2, 0) is 6.61 Å². The average molecular weight is 614 g/mol. The van der Waals surface area contributed by atoms with Gasteiger partial charge in [-0.1, -0.05) is 41.6 Å². The van der Waals surface area contributed by atoms with Crippen LogP contribution in [0.15, 0.2) is 70.3 Å². The Kier molecular flexibility index (Phi) is 9.47. The summed E-state index contributed by atoms with van der Waals surface area (Å²) in [6, 6.07) is 19.2. The molecule has 0 aliphatic rings. The molecule has 0 saturated carbocycles. The predicted molar refractivity (Wildman–Crippen MR) is 154 cm³/mol. The second kappa shape index (κ2) is 13.0. The first-order chi connectivity index (χ1) is 18.8. The van der Waals surface area contributed by atoms with E-state index in [9.17, 15) is 10.1 Å². The highest BCUT2D eigenvalue weighted by Gasteiger charge is 2.26. The minimum absolute atomic E-state index is 0.319. The zero-order valence-corrected chi connectivity index (χ0v) is 24.5. The van der Waals surface area contributed by atoms with E-state index in [2.05, 4.69) is 26.1 Å². The first-order valence-corrected chi connectivity index (χ1v) is 14.0. The summed E-state index contributed by atoms with van der Waals surface area (Å²) in [7, 11) is 1.61. The molecular formula is C28H29BrN4O5S. The molecule has 0 N–H and O–H groups in total. The van der Waals surface area contributed by atoms with Crippen LogP contribution in [-0.4, -0.2) is 39.9 Å². The van der Waals surface area contributed by atoms with Crippen LogP contribution < -0.4 is 14.2 Å². The predicted octanol–water partition coefficient (Wildman–Crippen LogP) is 6.74. The number of nitrogens with zero attached hydrogens (tertiary/aromatic N) is 4. The molecule has 39 heavy (non-hydrogen) atoms. The summed E-state index contributed by atoms with van der Waals surface area (Å²) in [5, 5.41) is 20.3. The molecule has 1 aromatic heterocycles. The van der Waals surface area contributed by atoms with Gasteiger partial charge in [0.1, 0.15) is 23.4 Å². The van der Waals surface area contributed by atoms with Crippen molar-refractivity contribution >= 4 is 27.7 Å². The monoisotopic (exact) mass is 612 g/mol. The van der Waals surface area contributed by atoms with E-state index in [1.165, 1.54) is 17.3 Å². The van der Waals surface area contributed by atoms with Gasteiger partial charge in [-0.15, -0.1) is 10.2 Å². The lowest BCUT2D eigenvalue weighted by molar-refractivity contribution is -0.479. The molecule has 0 aliphatic carbocycles. The fourth-order valence-corrected chi connectivity index (χ4v) is 5.67. The standard InChI is InChI=1S/C28H29BrN4O5S/c1-5-37-25-15-21(14-24(29)27(25)38-17-20-8-6-18(2)7-9-20)26(16-32(34)35)39-28-31-30-19(3)33(28)22-10-12-23(36-4)13-11-22/h6-15,26H,5,16-17H2,1-4H3/t26-/m0/s1. The van der Waals surface area contributed by atoms with Crippen LogP contribution in [0.1, 0.15) is 34.7 Å². The van der Waals surface area contributed by atoms with E-state index < -0.39 is 5.25 Å². The molecule has 0 saturated heterocycles. The third-order valence-electron chi connectivity index (χ3n) is 5.90. The Morgan fingerprint density at radius 3 is 2.41 bits per heavy atom. The fraction of sp³-hybridized carbons (Fsp3) is 0.286. The van der Waals surface area contributed by atoms with Crippen molar-refractivity contribution in [3.05, 3.63) is 97.8 Å². The first-order valence-electron chi connectivity index (χ1n) is 12.3. The molecule has 0 spiro atoms. The van der Waals surface area contributed by atoms with Crippen LogP contribution in [0, 0.1) is 24.0 Å². The summed E-state index contributed by atoms with van der Waals surface area (Å²) in [6.07, 6.45) is 0. The van der Waals surface area contributed by atoms with Gasteiger partial charge in [0.25, 0.3) is 0 Å². The minimum Gasteiger partial charge on any atom is -0.497 e. The van der Waals surface area contributed by atoms with Crippen molar-refractivity contribution in [2.45, 2.75) is 37.8 Å². The molecule has 204 valence electrons. The normalized spacial score (nSPS) is 11.7. The summed E-state index contributed by atoms with van der Waals surface area (Å²) in [5.41, 5.74) is 3.73. The smallest absolute Gasteiger partial charge is 0.220 e. The number of thioether (sulfide) groups is 1. The summed E-state index contributed by atoms with van der Waals surface area (Å²) in [6.45, 7) is 6.21. The number of hydrogen-bond donors (Lipinski definition) is 0. The van der Waals surface area contributed by atoms with Crippen molar-refractivity contribution < 1.29 is 19.1 Å². The molecule has 0 unspecified atom stereocenters. The maximum absolute atomic E-state index is 11.7. The van der Waals surface area contributed by atoms with E-state index in [1.807, 2.05) is 79.9 Å². The van der Waals surface area contributed by atoms with Crippen LogP contribution in [0.3, 0.4) is 0 Å². The third kappa shape index (κ3) is 7.10. The fourth-order valence-electron chi connectivity index (χ4n) is 3.94. The van der Waals surface area contributed by atoms with Crippen LogP contribution in [0.5, 0.6) is 17.2 Å². The van der Waals surface area contributed by atoms with Crippen molar-refractivity contribution in [1.29, 1.82) is 0 Å². The number of ether oxygens (including phenoxy) is 3. The highest BCUT2D eigenvalue weighted by Crippen LogP contribution is 2.43. The molecule has 4 rings (SSSR count). The van der Waals surface area contributed by atoms with Gasteiger partial charge in [-0.05, 0) is 84.2 Å². The van der Waals surface area contributed by atoms with Gasteiger partial charge in [0, 0.05) is 10.6 Å². The van der Waals surface area contributed by atoms with E-state index in [4.69, 9.17) is 14.2 Å². The van der Waals surface area contributed by atoms with Gasteiger partial charge in [-0.2, -0.15) is 0 Å². The Morgan fingerprint density at radius 2 is 1.77 bits per heavy atom. The number of aryl methyl sites for hydroxylation is 2. The number of methoxy groups -OCH3 is 1. The van der Waals surface area contributed by atoms with Crippen LogP contribution in [0.25, 0.3) is 5.69 Å². The van der Waals surface area contributed by atoms with Gasteiger partial charge >= 0.3 is 0 Å². The molecular weight excluding hydrogens is 584 g/mol. The van der Waals surface area contributed by atoms with Crippen LogP contribution >= 0.6 is 27.7 Å². The van der Waals surface area contributed by atoms with E-state index in [0.29, 0.717) is 45.7 Å². The van der Waals surface area contributed by atoms with Crippen molar-refractivity contribution in [1.82, 2.24) is 14.8 Å². The van der Waals surface area contributed by atoms with Gasteiger partial charge in [0.15, 0.2) is 16.7 Å². The quantitative estimate of drug-likeness (QED) is 0.0984. The zero-order valence-electron chi connectivity index (χ0n) is 22.1. The van der Waals surface area contributed by atoms with Crippen molar-refractivity contribution in [3.63, 3.8) is 0 Å². The Hall–Kier alpha value is -3.57. The minimum atomic E-state index is -0.567. The zero-order chi connectivity index (χ0) is 27.9. The summed E-state index contributed by atoms with van der Waals surface area (Å²) < 4.78 is 19.8. The Morgan fingerprint density at radius 1 is 1.05 bits per heavy atom. The molecule has 11 heteroatoms. The summed E-state index contributed by atoms with van der Waals surface area (Å²) >= 11 is 4.89. The Balaban J connectivity index is 1.66. The molecule has 3 aromatic carbocycles. The maximum atomic E-state index is 11.7. The second-order valence-electron chi connectivity index (χ2n) is 8.72. The van der Waals surface area contributed by atoms with E-state index in [-0.39, 0.29) is 11.5 Å².